The molecule has 7 heteroatoms. The van der Waals surface area contributed by atoms with E-state index in [0.717, 1.165) is 51.4 Å². The lowest BCUT2D eigenvalue weighted by atomic mass is 10.1. The molecule has 21 heavy (non-hydrogen) atoms. The van der Waals surface area contributed by atoms with Crippen LogP contribution in [0.2, 0.25) is 0 Å². The molecule has 0 aliphatic carbocycles. The van der Waals surface area contributed by atoms with E-state index in [2.05, 4.69) is 33.7 Å². The summed E-state index contributed by atoms with van der Waals surface area (Å²) in [6.07, 6.45) is 7.95. The third-order valence-electron chi connectivity index (χ3n) is 3.19. The first-order chi connectivity index (χ1) is 10.3. The summed E-state index contributed by atoms with van der Waals surface area (Å²) >= 11 is 0. The average Bonchev–Trinajstić information content (AvgIpc) is 2.48. The minimum absolute atomic E-state index is 0.556. The summed E-state index contributed by atoms with van der Waals surface area (Å²) in [5.41, 5.74) is 0. The van der Waals surface area contributed by atoms with Gasteiger partial charge >= 0.3 is 0 Å². The number of hydrogen-bond acceptors (Lipinski definition) is 7. The van der Waals surface area contributed by atoms with E-state index in [1.165, 1.54) is 0 Å². The van der Waals surface area contributed by atoms with Gasteiger partial charge < -0.3 is 4.74 Å². The molecular formula is C14H30O7. The van der Waals surface area contributed by atoms with Crippen molar-refractivity contribution in [3.8, 4) is 0 Å². The summed E-state index contributed by atoms with van der Waals surface area (Å²) < 4.78 is 5.48. The van der Waals surface area contributed by atoms with Crippen molar-refractivity contribution >= 4 is 0 Å². The Morgan fingerprint density at radius 2 is 1.10 bits per heavy atom. The van der Waals surface area contributed by atoms with Crippen LogP contribution in [0.1, 0.15) is 78.1 Å². The lowest BCUT2D eigenvalue weighted by Crippen LogP contribution is -2.27. The molecule has 2 atom stereocenters. The zero-order valence-corrected chi connectivity index (χ0v) is 13.2. The summed E-state index contributed by atoms with van der Waals surface area (Å²) in [5, 5.41) is 24.2. The van der Waals surface area contributed by atoms with Gasteiger partial charge in [-0.2, -0.15) is 9.78 Å². The van der Waals surface area contributed by atoms with Crippen LogP contribution in [0, 0.1) is 0 Å². The molecule has 0 aromatic heterocycles. The first-order valence-corrected chi connectivity index (χ1v) is 7.87. The molecule has 0 fully saturated rings. The molecule has 0 spiro atoms. The molecule has 0 aromatic rings. The van der Waals surface area contributed by atoms with E-state index in [-0.39, 0.29) is 0 Å². The molecule has 128 valence electrons. The first-order valence-electron chi connectivity index (χ1n) is 7.87. The van der Waals surface area contributed by atoms with E-state index in [1.54, 1.807) is 0 Å². The van der Waals surface area contributed by atoms with Gasteiger partial charge in [0.05, 0.1) is 0 Å². The van der Waals surface area contributed by atoms with E-state index in [4.69, 9.17) is 15.3 Å². The zero-order chi connectivity index (χ0) is 15.8. The van der Waals surface area contributed by atoms with Crippen LogP contribution in [-0.4, -0.2) is 23.1 Å². The highest BCUT2D eigenvalue weighted by Gasteiger charge is 2.19. The molecule has 0 bridgehead atoms. The van der Waals surface area contributed by atoms with Crippen LogP contribution in [0.25, 0.3) is 0 Å². The second-order valence-electron chi connectivity index (χ2n) is 5.04. The molecule has 2 unspecified atom stereocenters. The minimum atomic E-state index is -0.766. The number of hydrogen-bond donors (Lipinski definition) is 2. The van der Waals surface area contributed by atoms with E-state index >= 15 is 0 Å². The van der Waals surface area contributed by atoms with Crippen molar-refractivity contribution < 1.29 is 35.1 Å². The molecular weight excluding hydrogens is 280 g/mol. The number of rotatable bonds is 16. The number of unbranched alkanes of at least 4 members (excludes halogenated alkanes) is 6. The van der Waals surface area contributed by atoms with Gasteiger partial charge in [-0.1, -0.05) is 62.4 Å². The second-order valence-corrected chi connectivity index (χ2v) is 5.04. The van der Waals surface area contributed by atoms with Crippen LogP contribution >= 0.6 is 0 Å². The summed E-state index contributed by atoms with van der Waals surface area (Å²) in [4.78, 5) is 9.29. The predicted octanol–water partition coefficient (Wildman–Crippen LogP) is 4.44. The van der Waals surface area contributed by atoms with Crippen LogP contribution in [0.5, 0.6) is 0 Å². The molecule has 0 aliphatic rings. The molecule has 0 radical (unpaired) electrons. The standard InChI is InChI=1S/C14H30O7/c1-3-5-7-9-11-13(18-20-15)17-14(19-21-16)12-10-8-6-4-2/h13-16H,3-12H2,1-2H3. The molecule has 7 nitrogen and oxygen atoms in total. The van der Waals surface area contributed by atoms with Crippen molar-refractivity contribution in [1.29, 1.82) is 0 Å². The highest BCUT2D eigenvalue weighted by Crippen LogP contribution is 2.16. The Balaban J connectivity index is 4.04. The van der Waals surface area contributed by atoms with Crippen molar-refractivity contribution in [3.05, 3.63) is 0 Å². The van der Waals surface area contributed by atoms with E-state index in [9.17, 15) is 0 Å². The smallest absolute Gasteiger partial charge is 0.197 e. The Labute approximate surface area is 126 Å². The van der Waals surface area contributed by atoms with Crippen LogP contribution in [0.15, 0.2) is 0 Å². The summed E-state index contributed by atoms with van der Waals surface area (Å²) in [7, 11) is 0. The van der Waals surface area contributed by atoms with Gasteiger partial charge in [0.15, 0.2) is 12.6 Å². The Morgan fingerprint density at radius 1 is 0.667 bits per heavy atom. The average molecular weight is 310 g/mol. The highest BCUT2D eigenvalue weighted by molar-refractivity contribution is 4.51. The third-order valence-corrected chi connectivity index (χ3v) is 3.19. The lowest BCUT2D eigenvalue weighted by molar-refractivity contribution is -0.567. The van der Waals surface area contributed by atoms with Crippen LogP contribution in [-0.2, 0) is 24.6 Å². The summed E-state index contributed by atoms with van der Waals surface area (Å²) in [6.45, 7) is 4.25. The second kappa shape index (κ2) is 16.1. The molecule has 0 heterocycles. The van der Waals surface area contributed by atoms with Gasteiger partial charge in [0.2, 0.25) is 0 Å². The maximum Gasteiger partial charge on any atom is 0.197 e. The van der Waals surface area contributed by atoms with Gasteiger partial charge in [-0.25, -0.2) is 10.5 Å². The molecule has 0 saturated carbocycles. The maximum atomic E-state index is 8.40. The van der Waals surface area contributed by atoms with E-state index in [0.29, 0.717) is 12.8 Å². The Bertz CT molecular complexity index is 184. The van der Waals surface area contributed by atoms with Gasteiger partial charge in [0.25, 0.3) is 0 Å². The zero-order valence-electron chi connectivity index (χ0n) is 13.2. The minimum Gasteiger partial charge on any atom is -0.317 e. The van der Waals surface area contributed by atoms with E-state index < -0.39 is 12.6 Å². The number of ether oxygens (including phenoxy) is 1. The van der Waals surface area contributed by atoms with Crippen LogP contribution < -0.4 is 0 Å². The molecule has 2 N–H and O–H groups in total. The van der Waals surface area contributed by atoms with Gasteiger partial charge in [0, 0.05) is 12.8 Å². The summed E-state index contributed by atoms with van der Waals surface area (Å²) in [5.74, 6) is 0. The fourth-order valence-electron chi connectivity index (χ4n) is 2.02. The van der Waals surface area contributed by atoms with Gasteiger partial charge in [-0.3, -0.25) is 0 Å². The fraction of sp³-hybridized carbons (Fsp3) is 1.00. The van der Waals surface area contributed by atoms with Crippen molar-refractivity contribution in [2.75, 3.05) is 0 Å². The van der Waals surface area contributed by atoms with Gasteiger partial charge in [0.1, 0.15) is 0 Å². The molecule has 0 aromatic carbocycles. The highest BCUT2D eigenvalue weighted by atomic mass is 17.5. The molecule has 0 rings (SSSR count). The molecule has 0 amide bonds. The predicted molar refractivity (Wildman–Crippen MR) is 75.8 cm³/mol. The maximum absolute atomic E-state index is 8.40. The topological polar surface area (TPSA) is 86.6 Å². The Hall–Kier alpha value is -0.280. The monoisotopic (exact) mass is 310 g/mol. The van der Waals surface area contributed by atoms with Crippen molar-refractivity contribution in [3.63, 3.8) is 0 Å². The normalized spacial score (nSPS) is 14.3. The fourth-order valence-corrected chi connectivity index (χ4v) is 2.02. The Morgan fingerprint density at radius 3 is 1.43 bits per heavy atom. The van der Waals surface area contributed by atoms with Crippen LogP contribution in [0.3, 0.4) is 0 Å². The quantitative estimate of drug-likeness (QED) is 0.189. The molecule has 0 aliphatic heterocycles. The van der Waals surface area contributed by atoms with Gasteiger partial charge in [-0.15, -0.1) is 0 Å². The molecule has 0 saturated heterocycles. The van der Waals surface area contributed by atoms with Crippen molar-refractivity contribution in [2.24, 2.45) is 0 Å². The van der Waals surface area contributed by atoms with E-state index in [1.807, 2.05) is 0 Å². The largest absolute Gasteiger partial charge is 0.317 e. The Kier molecular flexibility index (Phi) is 15.9. The SMILES string of the molecule is CCCCCCC(OOO)OC(CCCCCC)OOO. The third kappa shape index (κ3) is 13.1. The lowest BCUT2D eigenvalue weighted by Gasteiger charge is -2.21. The van der Waals surface area contributed by atoms with Crippen LogP contribution in [0.4, 0.5) is 0 Å². The van der Waals surface area contributed by atoms with Crippen molar-refractivity contribution in [1.82, 2.24) is 0 Å². The van der Waals surface area contributed by atoms with Crippen molar-refractivity contribution in [2.45, 2.75) is 90.6 Å². The summed E-state index contributed by atoms with van der Waals surface area (Å²) in [6, 6.07) is 0. The first kappa shape index (κ1) is 20.7. The van der Waals surface area contributed by atoms with Gasteiger partial charge in [-0.05, 0) is 12.8 Å².